The van der Waals surface area contributed by atoms with Crippen molar-refractivity contribution in [3.05, 3.63) is 0 Å². The van der Waals surface area contributed by atoms with Gasteiger partial charge in [-0.15, -0.1) is 0 Å². The largest absolute Gasteiger partial charge is 0.473 e. The van der Waals surface area contributed by atoms with E-state index < -0.39 is 28.0 Å². The Labute approximate surface area is 136 Å². The zero-order valence-electron chi connectivity index (χ0n) is 13.3. The Hall–Kier alpha value is 0.180. The van der Waals surface area contributed by atoms with Gasteiger partial charge in [0.25, 0.3) is 5.97 Å². The van der Waals surface area contributed by atoms with Crippen molar-refractivity contribution in [2.75, 3.05) is 0 Å². The summed E-state index contributed by atoms with van der Waals surface area (Å²) in [6.45, 7) is 2.14. The summed E-state index contributed by atoms with van der Waals surface area (Å²) in [6, 6.07) is 0. The van der Waals surface area contributed by atoms with Gasteiger partial charge in [-0.2, -0.15) is 0 Å². The van der Waals surface area contributed by atoms with Crippen molar-refractivity contribution in [3.8, 4) is 0 Å². The third kappa shape index (κ3) is 15.4. The van der Waals surface area contributed by atoms with Crippen molar-refractivity contribution in [3.63, 3.8) is 0 Å². The number of unbranched alkanes of at least 4 members (excludes halogenated alkanes) is 8. The van der Waals surface area contributed by atoms with Crippen LogP contribution in [0.15, 0.2) is 0 Å². The molecule has 0 saturated carbocycles. The molecule has 0 spiro atoms. The number of hydrogen-bond acceptors (Lipinski definition) is 5. The van der Waals surface area contributed by atoms with Crippen molar-refractivity contribution in [1.82, 2.24) is 0 Å². The molecule has 0 rings (SSSR count). The molecule has 0 aliphatic carbocycles. The molecule has 0 unspecified atom stereocenters. The minimum Gasteiger partial charge on any atom is -0.343 e. The molecule has 0 heterocycles. The summed E-state index contributed by atoms with van der Waals surface area (Å²) >= 11 is 0. The normalized spacial score (nSPS) is 13.5. The summed E-state index contributed by atoms with van der Waals surface area (Å²) in [6.07, 6.45) is 8.06. The fourth-order valence-corrected chi connectivity index (χ4v) is 3.20. The second-order valence-corrected chi connectivity index (χ2v) is 7.78. The number of rotatable bonds is 14. The molecular weight excluding hydrogens is 350 g/mol. The van der Waals surface area contributed by atoms with E-state index in [1.165, 1.54) is 19.3 Å². The molecule has 0 bridgehead atoms. The SMILES string of the molecule is CCCCCCCCCCCC(O)(OP(=O)(O)O)OP(=O)(O)O. The number of phosphoric ester groups is 2. The van der Waals surface area contributed by atoms with E-state index in [4.69, 9.17) is 19.6 Å². The van der Waals surface area contributed by atoms with Crippen molar-refractivity contribution < 1.29 is 42.9 Å². The maximum Gasteiger partial charge on any atom is 0.473 e. The topological polar surface area (TPSA) is 154 Å². The predicted octanol–water partition coefficient (Wildman–Crippen LogP) is 2.77. The monoisotopic (exact) mass is 378 g/mol. The lowest BCUT2D eigenvalue weighted by Crippen LogP contribution is -2.33. The molecule has 0 fully saturated rings. The van der Waals surface area contributed by atoms with E-state index in [1.807, 2.05) is 0 Å². The van der Waals surface area contributed by atoms with Gasteiger partial charge in [-0.25, -0.2) is 18.2 Å². The Morgan fingerprint density at radius 2 is 1.09 bits per heavy atom. The van der Waals surface area contributed by atoms with Crippen molar-refractivity contribution in [2.45, 2.75) is 77.1 Å². The molecule has 5 N–H and O–H groups in total. The fourth-order valence-electron chi connectivity index (χ4n) is 2.14. The van der Waals surface area contributed by atoms with Gasteiger partial charge >= 0.3 is 15.6 Å². The first kappa shape index (κ1) is 23.2. The first-order chi connectivity index (χ1) is 10.5. The van der Waals surface area contributed by atoms with Crippen LogP contribution in [0.4, 0.5) is 0 Å². The van der Waals surface area contributed by atoms with Gasteiger partial charge in [0, 0.05) is 6.42 Å². The molecule has 140 valence electrons. The lowest BCUT2D eigenvalue weighted by molar-refractivity contribution is -0.289. The maximum absolute atomic E-state index is 10.8. The summed E-state index contributed by atoms with van der Waals surface area (Å²) in [7, 11) is -10.3. The second kappa shape index (κ2) is 10.9. The van der Waals surface area contributed by atoms with E-state index in [-0.39, 0.29) is 6.42 Å². The Morgan fingerprint density at radius 1 is 0.739 bits per heavy atom. The molecule has 0 aromatic heterocycles. The number of aliphatic hydroxyl groups is 1. The van der Waals surface area contributed by atoms with Crippen LogP contribution in [0.25, 0.3) is 0 Å². The highest BCUT2D eigenvalue weighted by Crippen LogP contribution is 2.49. The minimum atomic E-state index is -5.17. The van der Waals surface area contributed by atoms with Crippen LogP contribution in [0.2, 0.25) is 0 Å². The quantitative estimate of drug-likeness (QED) is 0.174. The first-order valence-corrected chi connectivity index (χ1v) is 10.8. The Bertz CT molecular complexity index is 379. The Balaban J connectivity index is 4.11. The van der Waals surface area contributed by atoms with Crippen LogP contribution < -0.4 is 0 Å². The van der Waals surface area contributed by atoms with Crippen LogP contribution in [0.5, 0.6) is 0 Å². The molecule has 0 saturated heterocycles. The zero-order valence-corrected chi connectivity index (χ0v) is 15.1. The standard InChI is InChI=1S/C12H28O9P2/c1-2-3-4-5-6-7-8-9-10-11-12(13,20-22(14,15)16)21-23(17,18)19/h13H,2-11H2,1H3,(H2,14,15,16)(H2,17,18,19). The molecule has 23 heavy (non-hydrogen) atoms. The van der Waals surface area contributed by atoms with Crippen LogP contribution in [0, 0.1) is 0 Å². The summed E-state index contributed by atoms with van der Waals surface area (Å²) in [4.78, 5) is 34.8. The number of phosphoric acid groups is 2. The maximum atomic E-state index is 10.8. The molecule has 0 aromatic rings. The smallest absolute Gasteiger partial charge is 0.343 e. The van der Waals surface area contributed by atoms with Gasteiger partial charge in [0.15, 0.2) is 0 Å². The van der Waals surface area contributed by atoms with Crippen LogP contribution in [0.1, 0.15) is 71.1 Å². The van der Waals surface area contributed by atoms with Crippen LogP contribution in [0.3, 0.4) is 0 Å². The molecule has 0 aliphatic rings. The predicted molar refractivity (Wildman–Crippen MR) is 83.1 cm³/mol. The van der Waals surface area contributed by atoms with Crippen molar-refractivity contribution in [2.24, 2.45) is 0 Å². The van der Waals surface area contributed by atoms with Gasteiger partial charge in [-0.05, 0) is 6.42 Å². The highest BCUT2D eigenvalue weighted by atomic mass is 31.2. The van der Waals surface area contributed by atoms with E-state index in [0.717, 1.165) is 25.7 Å². The van der Waals surface area contributed by atoms with E-state index in [2.05, 4.69) is 16.0 Å². The van der Waals surface area contributed by atoms with Crippen molar-refractivity contribution in [1.29, 1.82) is 0 Å². The summed E-state index contributed by atoms with van der Waals surface area (Å²) in [5, 5.41) is 9.75. The number of hydrogen-bond donors (Lipinski definition) is 5. The lowest BCUT2D eigenvalue weighted by Gasteiger charge is -2.27. The summed E-state index contributed by atoms with van der Waals surface area (Å²) < 4.78 is 29.5. The highest BCUT2D eigenvalue weighted by molar-refractivity contribution is 7.47. The van der Waals surface area contributed by atoms with Crippen LogP contribution >= 0.6 is 15.6 Å². The van der Waals surface area contributed by atoms with Gasteiger partial charge in [-0.1, -0.05) is 58.3 Å². The third-order valence-corrected chi connectivity index (χ3v) is 4.17. The van der Waals surface area contributed by atoms with Crippen LogP contribution in [-0.4, -0.2) is 30.7 Å². The van der Waals surface area contributed by atoms with E-state index in [1.54, 1.807) is 0 Å². The van der Waals surface area contributed by atoms with E-state index in [9.17, 15) is 14.2 Å². The highest BCUT2D eigenvalue weighted by Gasteiger charge is 2.42. The molecule has 0 aromatic carbocycles. The second-order valence-electron chi connectivity index (χ2n) is 5.45. The van der Waals surface area contributed by atoms with Gasteiger partial charge in [0.1, 0.15) is 0 Å². The Morgan fingerprint density at radius 3 is 1.43 bits per heavy atom. The molecule has 0 atom stereocenters. The van der Waals surface area contributed by atoms with Gasteiger partial charge < -0.3 is 24.7 Å². The molecule has 9 nitrogen and oxygen atoms in total. The van der Waals surface area contributed by atoms with E-state index in [0.29, 0.717) is 6.42 Å². The van der Waals surface area contributed by atoms with Gasteiger partial charge in [-0.3, -0.25) is 0 Å². The summed E-state index contributed by atoms with van der Waals surface area (Å²) in [5.74, 6) is -3.01. The zero-order chi connectivity index (χ0) is 18.0. The van der Waals surface area contributed by atoms with E-state index >= 15 is 0 Å². The van der Waals surface area contributed by atoms with Crippen LogP contribution in [-0.2, 0) is 18.2 Å². The molecular formula is C12H28O9P2. The minimum absolute atomic E-state index is 0.242. The fraction of sp³-hybridized carbons (Fsp3) is 1.00. The lowest BCUT2D eigenvalue weighted by atomic mass is 10.1. The molecule has 0 radical (unpaired) electrons. The first-order valence-electron chi connectivity index (χ1n) is 7.72. The van der Waals surface area contributed by atoms with Crippen molar-refractivity contribution >= 4 is 15.6 Å². The average Bonchev–Trinajstić information content (AvgIpc) is 2.32. The molecule has 0 amide bonds. The summed E-state index contributed by atoms with van der Waals surface area (Å²) in [5.41, 5.74) is 0. The van der Waals surface area contributed by atoms with Gasteiger partial charge in [0.2, 0.25) is 0 Å². The third-order valence-electron chi connectivity index (χ3n) is 3.12. The molecule has 0 aliphatic heterocycles. The average molecular weight is 378 g/mol. The molecule has 11 heteroatoms. The Kier molecular flexibility index (Phi) is 11.0. The van der Waals surface area contributed by atoms with Gasteiger partial charge in [0.05, 0.1) is 0 Å².